The molecule has 0 unspecified atom stereocenters. The number of benzene rings is 1. The van der Waals surface area contributed by atoms with Crippen LogP contribution in [-0.2, 0) is 0 Å². The second-order valence-electron chi connectivity index (χ2n) is 4.43. The Kier molecular flexibility index (Phi) is 3.91. The molecule has 1 aromatic rings. The number of aliphatic hydroxyl groups excluding tert-OH is 1. The lowest BCUT2D eigenvalue weighted by molar-refractivity contribution is 0.128. The number of rotatable bonds is 3. The Morgan fingerprint density at radius 2 is 2.12 bits per heavy atom. The first-order valence-electron chi connectivity index (χ1n) is 5.86. The van der Waals surface area contributed by atoms with E-state index in [9.17, 15) is 9.50 Å². The minimum absolute atomic E-state index is 0.0963. The third kappa shape index (κ3) is 3.03. The summed E-state index contributed by atoms with van der Waals surface area (Å²) in [7, 11) is 0. The van der Waals surface area contributed by atoms with E-state index >= 15 is 0 Å². The van der Waals surface area contributed by atoms with Crippen LogP contribution in [0.1, 0.15) is 30.9 Å². The molecule has 2 nitrogen and oxygen atoms in total. The predicted molar refractivity (Wildman–Crippen MR) is 61.9 cm³/mol. The van der Waals surface area contributed by atoms with Crippen molar-refractivity contribution >= 4 is 0 Å². The van der Waals surface area contributed by atoms with Crippen molar-refractivity contribution in [2.45, 2.75) is 37.6 Å². The number of alkyl halides is 1. The number of nitrogens with one attached hydrogen (secondary N) is 1. The van der Waals surface area contributed by atoms with Gasteiger partial charge in [-0.25, -0.2) is 4.39 Å². The van der Waals surface area contributed by atoms with Gasteiger partial charge in [0.2, 0.25) is 0 Å². The van der Waals surface area contributed by atoms with E-state index in [1.165, 1.54) is 0 Å². The lowest BCUT2D eigenvalue weighted by Gasteiger charge is -2.27. The van der Waals surface area contributed by atoms with Crippen molar-refractivity contribution in [3.8, 4) is 0 Å². The van der Waals surface area contributed by atoms with Crippen LogP contribution in [0.3, 0.4) is 0 Å². The molecular weight excluding hydrogens is 205 g/mol. The molecule has 88 valence electrons. The van der Waals surface area contributed by atoms with Gasteiger partial charge in [0, 0.05) is 6.04 Å². The molecule has 3 heteroatoms. The molecule has 0 bridgehead atoms. The average molecular weight is 223 g/mol. The van der Waals surface area contributed by atoms with Crippen molar-refractivity contribution in [2.24, 2.45) is 0 Å². The van der Waals surface area contributed by atoms with Gasteiger partial charge in [0.05, 0.1) is 6.10 Å². The zero-order valence-electron chi connectivity index (χ0n) is 9.27. The molecule has 2 N–H and O–H groups in total. The normalized spacial score (nSPS) is 27.6. The highest BCUT2D eigenvalue weighted by Crippen LogP contribution is 2.22. The van der Waals surface area contributed by atoms with E-state index in [0.717, 1.165) is 5.56 Å². The van der Waals surface area contributed by atoms with E-state index in [4.69, 9.17) is 0 Å². The maximum atomic E-state index is 13.2. The van der Waals surface area contributed by atoms with Gasteiger partial charge in [-0.2, -0.15) is 0 Å². The summed E-state index contributed by atoms with van der Waals surface area (Å²) in [6, 6.07) is 9.64. The molecular formula is C13H18FNO. The second kappa shape index (κ2) is 5.41. The minimum atomic E-state index is -0.714. The average Bonchev–Trinajstić information content (AvgIpc) is 2.30. The SMILES string of the molecule is O[C@H](C[C@@H]1C[C@H](F)CCN1)c1ccccc1. The Morgan fingerprint density at radius 3 is 2.81 bits per heavy atom. The highest BCUT2D eigenvalue weighted by molar-refractivity contribution is 5.17. The van der Waals surface area contributed by atoms with Gasteiger partial charge < -0.3 is 10.4 Å². The van der Waals surface area contributed by atoms with Gasteiger partial charge in [-0.05, 0) is 31.4 Å². The summed E-state index contributed by atoms with van der Waals surface area (Å²) in [5.41, 5.74) is 0.908. The smallest absolute Gasteiger partial charge is 0.103 e. The second-order valence-corrected chi connectivity index (χ2v) is 4.43. The maximum absolute atomic E-state index is 13.2. The first kappa shape index (κ1) is 11.6. The molecule has 1 aliphatic heterocycles. The quantitative estimate of drug-likeness (QED) is 0.823. The summed E-state index contributed by atoms with van der Waals surface area (Å²) in [5, 5.41) is 13.2. The number of aliphatic hydroxyl groups is 1. The molecule has 1 saturated heterocycles. The van der Waals surface area contributed by atoms with E-state index in [1.807, 2.05) is 30.3 Å². The fourth-order valence-electron chi connectivity index (χ4n) is 2.21. The molecule has 0 aliphatic carbocycles. The summed E-state index contributed by atoms with van der Waals surface area (Å²) >= 11 is 0. The number of hydrogen-bond acceptors (Lipinski definition) is 2. The van der Waals surface area contributed by atoms with Gasteiger partial charge in [0.25, 0.3) is 0 Å². The highest BCUT2D eigenvalue weighted by atomic mass is 19.1. The van der Waals surface area contributed by atoms with E-state index in [0.29, 0.717) is 25.8 Å². The zero-order valence-corrected chi connectivity index (χ0v) is 9.27. The molecule has 1 aliphatic rings. The van der Waals surface area contributed by atoms with Crippen molar-refractivity contribution in [1.82, 2.24) is 5.32 Å². The predicted octanol–water partition coefficient (Wildman–Crippen LogP) is 2.20. The third-order valence-electron chi connectivity index (χ3n) is 3.12. The van der Waals surface area contributed by atoms with Crippen LogP contribution in [-0.4, -0.2) is 23.9 Å². The van der Waals surface area contributed by atoms with Crippen LogP contribution in [0.4, 0.5) is 4.39 Å². The Balaban J connectivity index is 1.89. The molecule has 1 fully saturated rings. The highest BCUT2D eigenvalue weighted by Gasteiger charge is 2.23. The topological polar surface area (TPSA) is 32.3 Å². The Morgan fingerprint density at radius 1 is 1.38 bits per heavy atom. The molecule has 0 aromatic heterocycles. The standard InChI is InChI=1S/C13H18FNO/c14-11-6-7-15-12(8-11)9-13(16)10-4-2-1-3-5-10/h1-5,11-13,15-16H,6-9H2/t11-,12+,13-/m1/s1. The molecule has 2 rings (SSSR count). The summed E-state index contributed by atoms with van der Waals surface area (Å²) in [6.07, 6.45) is 0.491. The van der Waals surface area contributed by atoms with Gasteiger partial charge >= 0.3 is 0 Å². The Hall–Kier alpha value is -0.930. The van der Waals surface area contributed by atoms with Gasteiger partial charge in [-0.1, -0.05) is 30.3 Å². The fourth-order valence-corrected chi connectivity index (χ4v) is 2.21. The lowest BCUT2D eigenvalue weighted by atomic mass is 9.95. The molecule has 0 radical (unpaired) electrons. The number of halogens is 1. The molecule has 16 heavy (non-hydrogen) atoms. The van der Waals surface area contributed by atoms with E-state index < -0.39 is 12.3 Å². The minimum Gasteiger partial charge on any atom is -0.388 e. The van der Waals surface area contributed by atoms with Gasteiger partial charge in [0.1, 0.15) is 6.17 Å². The molecule has 1 aromatic carbocycles. The number of piperidine rings is 1. The van der Waals surface area contributed by atoms with E-state index in [2.05, 4.69) is 5.32 Å². The van der Waals surface area contributed by atoms with Crippen LogP contribution < -0.4 is 5.32 Å². The third-order valence-corrected chi connectivity index (χ3v) is 3.12. The van der Waals surface area contributed by atoms with Crippen LogP contribution in [0.5, 0.6) is 0 Å². The molecule has 1 heterocycles. The van der Waals surface area contributed by atoms with Gasteiger partial charge in [-0.3, -0.25) is 0 Å². The summed E-state index contributed by atoms with van der Waals surface area (Å²) in [4.78, 5) is 0. The monoisotopic (exact) mass is 223 g/mol. The van der Waals surface area contributed by atoms with Crippen LogP contribution >= 0.6 is 0 Å². The van der Waals surface area contributed by atoms with E-state index in [-0.39, 0.29) is 6.04 Å². The Labute approximate surface area is 95.5 Å². The van der Waals surface area contributed by atoms with Crippen molar-refractivity contribution in [1.29, 1.82) is 0 Å². The van der Waals surface area contributed by atoms with Crippen LogP contribution in [0.25, 0.3) is 0 Å². The van der Waals surface area contributed by atoms with Gasteiger partial charge in [0.15, 0.2) is 0 Å². The lowest BCUT2D eigenvalue weighted by Crippen LogP contribution is -2.39. The molecule has 0 saturated carbocycles. The molecule has 0 amide bonds. The largest absolute Gasteiger partial charge is 0.388 e. The van der Waals surface area contributed by atoms with Gasteiger partial charge in [-0.15, -0.1) is 0 Å². The van der Waals surface area contributed by atoms with Crippen molar-refractivity contribution < 1.29 is 9.50 Å². The van der Waals surface area contributed by atoms with Crippen LogP contribution in [0.15, 0.2) is 30.3 Å². The Bertz CT molecular complexity index is 317. The first-order valence-corrected chi connectivity index (χ1v) is 5.86. The van der Waals surface area contributed by atoms with Crippen molar-refractivity contribution in [3.63, 3.8) is 0 Å². The van der Waals surface area contributed by atoms with Crippen molar-refractivity contribution in [2.75, 3.05) is 6.54 Å². The number of hydrogen-bond donors (Lipinski definition) is 2. The maximum Gasteiger partial charge on any atom is 0.103 e. The summed E-state index contributed by atoms with van der Waals surface area (Å²) in [5.74, 6) is 0. The summed E-state index contributed by atoms with van der Waals surface area (Å²) < 4.78 is 13.2. The van der Waals surface area contributed by atoms with E-state index in [1.54, 1.807) is 0 Å². The zero-order chi connectivity index (χ0) is 11.4. The fraction of sp³-hybridized carbons (Fsp3) is 0.538. The summed E-state index contributed by atoms with van der Waals surface area (Å²) in [6.45, 7) is 0.716. The van der Waals surface area contributed by atoms with Crippen LogP contribution in [0.2, 0.25) is 0 Å². The molecule has 3 atom stereocenters. The first-order chi connectivity index (χ1) is 7.75. The van der Waals surface area contributed by atoms with Crippen molar-refractivity contribution in [3.05, 3.63) is 35.9 Å². The molecule has 0 spiro atoms. The van der Waals surface area contributed by atoms with Crippen LogP contribution in [0, 0.1) is 0 Å².